The number of rotatable bonds is 15. The molecule has 2 aliphatic heterocycles. The SMILES string of the molecule is NCCOc1ccc(/C=C/C(=O)CO[C@@]2(C(=O)O)C[C@@H](O)[C@H]3OC[C@@H](CCc4ccccc4)C[C@@]4(C(=O)/C=C/c5ccc(O)c(O)c5)CC[C@H]2[C@H]3O4)cc1O. The Balaban J connectivity index is 1.23. The average molecular weight is 758 g/mol. The van der Waals surface area contributed by atoms with Gasteiger partial charge in [0.2, 0.25) is 0 Å². The number of aliphatic hydroxyl groups is 1. The molecular formula is C42H47NO12. The number of aromatic hydroxyl groups is 3. The summed E-state index contributed by atoms with van der Waals surface area (Å²) in [5.74, 6) is -3.86. The summed E-state index contributed by atoms with van der Waals surface area (Å²) in [6.45, 7) is 0.0647. The van der Waals surface area contributed by atoms with Gasteiger partial charge in [-0.15, -0.1) is 0 Å². The Morgan fingerprint density at radius 3 is 2.33 bits per heavy atom. The lowest BCUT2D eigenvalue weighted by atomic mass is 9.64. The summed E-state index contributed by atoms with van der Waals surface area (Å²) in [7, 11) is 0. The number of phenolic OH excluding ortho intramolecular Hbond substituents is 3. The molecule has 3 fully saturated rings. The number of nitrogens with two attached hydrogens (primary N) is 1. The molecule has 13 heteroatoms. The molecule has 0 unspecified atom stereocenters. The van der Waals surface area contributed by atoms with Gasteiger partial charge < -0.3 is 50.2 Å². The highest BCUT2D eigenvalue weighted by Gasteiger charge is 2.64. The molecular weight excluding hydrogens is 710 g/mol. The minimum absolute atomic E-state index is 0.138. The Labute approximate surface area is 318 Å². The van der Waals surface area contributed by atoms with Crippen molar-refractivity contribution in [1.29, 1.82) is 0 Å². The second kappa shape index (κ2) is 17.2. The van der Waals surface area contributed by atoms with Crippen LogP contribution < -0.4 is 10.5 Å². The van der Waals surface area contributed by atoms with Gasteiger partial charge in [0.05, 0.1) is 18.8 Å². The molecule has 2 bridgehead atoms. The predicted molar refractivity (Wildman–Crippen MR) is 200 cm³/mol. The predicted octanol–water partition coefficient (Wildman–Crippen LogP) is 4.18. The molecule has 7 N–H and O–H groups in total. The van der Waals surface area contributed by atoms with E-state index in [1.165, 1.54) is 48.6 Å². The van der Waals surface area contributed by atoms with Crippen molar-refractivity contribution in [2.75, 3.05) is 26.4 Å². The molecule has 2 heterocycles. The standard InChI is InChI=1S/C42H47NO12/c43-18-19-52-36-14-10-27(21-34(36)47)8-12-30(44)25-54-42(40(50)51)23-35(48)39-38-31(42)16-17-41(55-38,37(49)15-11-28-9-13-32(45)33(46)20-28)22-29(24-53-39)7-6-26-4-2-1-3-5-26/h1-5,8-15,20-21,29,31,35,38-39,45-48H,6-7,16-19,22-25,43H2,(H,50,51)/b12-8+,15-11+/t29-,31-,35+,38+,39+,41+,42-/m0/s1. The first-order valence-electron chi connectivity index (χ1n) is 18.4. The Bertz CT molecular complexity index is 1910. The zero-order valence-electron chi connectivity index (χ0n) is 30.3. The number of phenols is 3. The Morgan fingerprint density at radius 2 is 1.62 bits per heavy atom. The van der Waals surface area contributed by atoms with Crippen LogP contribution in [-0.4, -0.2) is 98.9 Å². The van der Waals surface area contributed by atoms with E-state index in [-0.39, 0.29) is 80.1 Å². The van der Waals surface area contributed by atoms with Crippen LogP contribution in [0.4, 0.5) is 0 Å². The van der Waals surface area contributed by atoms with E-state index in [4.69, 9.17) is 24.7 Å². The van der Waals surface area contributed by atoms with Crippen molar-refractivity contribution < 1.29 is 58.9 Å². The normalized spacial score (nSPS) is 27.7. The summed E-state index contributed by atoms with van der Waals surface area (Å²) in [5, 5.41) is 52.2. The third kappa shape index (κ3) is 8.93. The van der Waals surface area contributed by atoms with Gasteiger partial charge in [-0.1, -0.05) is 54.6 Å². The van der Waals surface area contributed by atoms with Crippen LogP contribution in [0.3, 0.4) is 0 Å². The van der Waals surface area contributed by atoms with E-state index in [1.807, 2.05) is 30.3 Å². The second-order valence-electron chi connectivity index (χ2n) is 14.5. The van der Waals surface area contributed by atoms with Crippen molar-refractivity contribution in [1.82, 2.24) is 0 Å². The topological polar surface area (TPSA) is 215 Å². The molecule has 3 aromatic rings. The minimum atomic E-state index is -2.03. The van der Waals surface area contributed by atoms with E-state index in [9.17, 15) is 39.9 Å². The van der Waals surface area contributed by atoms with Crippen LogP contribution >= 0.6 is 0 Å². The smallest absolute Gasteiger partial charge is 0.336 e. The van der Waals surface area contributed by atoms with Crippen LogP contribution in [0.5, 0.6) is 23.0 Å². The first-order chi connectivity index (χ1) is 26.4. The summed E-state index contributed by atoms with van der Waals surface area (Å²) >= 11 is 0. The maximum absolute atomic E-state index is 14.3. The van der Waals surface area contributed by atoms with Gasteiger partial charge >= 0.3 is 5.97 Å². The molecule has 0 amide bonds. The number of carboxylic acid groups (broad SMARTS) is 1. The number of hydrogen-bond donors (Lipinski definition) is 6. The molecule has 2 saturated heterocycles. The molecule has 1 saturated carbocycles. The van der Waals surface area contributed by atoms with E-state index in [1.54, 1.807) is 12.1 Å². The molecule has 292 valence electrons. The van der Waals surface area contributed by atoms with Gasteiger partial charge in [-0.05, 0) is 91.1 Å². The first kappa shape index (κ1) is 39.6. The molecule has 13 nitrogen and oxygen atoms in total. The lowest BCUT2D eigenvalue weighted by Gasteiger charge is -2.56. The van der Waals surface area contributed by atoms with Crippen molar-refractivity contribution in [2.45, 2.75) is 68.0 Å². The van der Waals surface area contributed by atoms with Crippen LogP contribution in [0.25, 0.3) is 12.2 Å². The summed E-state index contributed by atoms with van der Waals surface area (Å²) in [5.41, 5.74) is 4.10. The van der Waals surface area contributed by atoms with Gasteiger partial charge in [0.25, 0.3) is 0 Å². The number of carbonyl (C=O) groups is 3. The number of benzene rings is 3. The number of carboxylic acids is 1. The molecule has 0 spiro atoms. The van der Waals surface area contributed by atoms with Crippen LogP contribution in [0.2, 0.25) is 0 Å². The van der Waals surface area contributed by atoms with E-state index >= 15 is 0 Å². The number of ether oxygens (including phenoxy) is 4. The Hall–Kier alpha value is -5.05. The molecule has 3 aromatic carbocycles. The van der Waals surface area contributed by atoms with Crippen molar-refractivity contribution in [3.8, 4) is 23.0 Å². The molecule has 55 heavy (non-hydrogen) atoms. The van der Waals surface area contributed by atoms with Crippen LogP contribution in [0.1, 0.15) is 48.8 Å². The highest BCUT2D eigenvalue weighted by molar-refractivity contribution is 6.00. The van der Waals surface area contributed by atoms with Gasteiger partial charge in [-0.3, -0.25) is 9.59 Å². The highest BCUT2D eigenvalue weighted by atomic mass is 16.6. The number of aliphatic carboxylic acids is 1. The van der Waals surface area contributed by atoms with Crippen LogP contribution in [-0.2, 0) is 35.0 Å². The van der Waals surface area contributed by atoms with Gasteiger partial charge in [0.15, 0.2) is 40.2 Å². The highest BCUT2D eigenvalue weighted by Crippen LogP contribution is 2.51. The van der Waals surface area contributed by atoms with Crippen LogP contribution in [0.15, 0.2) is 78.9 Å². The van der Waals surface area contributed by atoms with Crippen molar-refractivity contribution in [3.05, 3.63) is 95.6 Å². The third-order valence-corrected chi connectivity index (χ3v) is 10.8. The fraction of sp³-hybridized carbons (Fsp3) is 0.405. The van der Waals surface area contributed by atoms with Gasteiger partial charge in [-0.25, -0.2) is 4.79 Å². The zero-order valence-corrected chi connectivity index (χ0v) is 30.3. The van der Waals surface area contributed by atoms with E-state index in [0.717, 1.165) is 12.0 Å². The summed E-state index contributed by atoms with van der Waals surface area (Å²) in [4.78, 5) is 40.5. The van der Waals surface area contributed by atoms with Crippen molar-refractivity contribution in [2.24, 2.45) is 17.6 Å². The number of aryl methyl sites for hydroxylation is 1. The summed E-state index contributed by atoms with van der Waals surface area (Å²) < 4.78 is 24.4. The fourth-order valence-corrected chi connectivity index (χ4v) is 7.97. The van der Waals surface area contributed by atoms with Crippen LogP contribution in [0, 0.1) is 11.8 Å². The maximum Gasteiger partial charge on any atom is 0.336 e. The lowest BCUT2D eigenvalue weighted by molar-refractivity contribution is -0.288. The zero-order chi connectivity index (χ0) is 39.2. The molecule has 0 aromatic heterocycles. The average Bonchev–Trinajstić information content (AvgIpc) is 3.17. The van der Waals surface area contributed by atoms with E-state index in [0.29, 0.717) is 17.5 Å². The molecule has 0 radical (unpaired) electrons. The summed E-state index contributed by atoms with van der Waals surface area (Å²) in [6.07, 6.45) is 3.74. The largest absolute Gasteiger partial charge is 0.504 e. The van der Waals surface area contributed by atoms with Gasteiger partial charge in [0.1, 0.15) is 24.9 Å². The Kier molecular flexibility index (Phi) is 12.4. The quantitative estimate of drug-likeness (QED) is 0.0949. The number of ketones is 2. The van der Waals surface area contributed by atoms with E-state index in [2.05, 4.69) is 0 Å². The van der Waals surface area contributed by atoms with E-state index < -0.39 is 53.8 Å². The molecule has 7 atom stereocenters. The number of aliphatic hydroxyl groups excluding tert-OH is 1. The number of carbonyl (C=O) groups excluding carboxylic acids is 2. The Morgan fingerprint density at radius 1 is 0.891 bits per heavy atom. The van der Waals surface area contributed by atoms with Gasteiger partial charge in [-0.2, -0.15) is 0 Å². The van der Waals surface area contributed by atoms with Gasteiger partial charge in [0, 0.05) is 18.9 Å². The molecule has 1 aliphatic carbocycles. The lowest BCUT2D eigenvalue weighted by Crippen LogP contribution is -2.70. The van der Waals surface area contributed by atoms with Crippen molar-refractivity contribution in [3.63, 3.8) is 0 Å². The molecule has 3 aliphatic rings. The van der Waals surface area contributed by atoms with Crippen molar-refractivity contribution >= 4 is 29.7 Å². The minimum Gasteiger partial charge on any atom is -0.504 e. The number of fused-ring (bicyclic) bond motifs is 1. The fourth-order valence-electron chi connectivity index (χ4n) is 7.97. The second-order valence-corrected chi connectivity index (χ2v) is 14.5. The number of hydrogen-bond acceptors (Lipinski definition) is 12. The maximum atomic E-state index is 14.3. The third-order valence-electron chi connectivity index (χ3n) is 10.8. The first-order valence-corrected chi connectivity index (χ1v) is 18.4. The molecule has 6 rings (SSSR count). The summed E-state index contributed by atoms with van der Waals surface area (Å²) in [6, 6.07) is 18.7. The monoisotopic (exact) mass is 757 g/mol.